The minimum absolute atomic E-state index is 0.0560. The van der Waals surface area contributed by atoms with Crippen molar-refractivity contribution in [1.82, 2.24) is 9.21 Å². The van der Waals surface area contributed by atoms with E-state index in [9.17, 15) is 13.7 Å². The minimum atomic E-state index is -3.78. The molecule has 3 aromatic rings. The quantitative estimate of drug-likeness (QED) is 0.576. The van der Waals surface area contributed by atoms with Crippen LogP contribution in [-0.2, 0) is 10.0 Å². The molecule has 0 aliphatic carbocycles. The van der Waals surface area contributed by atoms with Crippen LogP contribution in [0, 0.1) is 11.3 Å². The lowest BCUT2D eigenvalue weighted by Gasteiger charge is -2.25. The zero-order valence-corrected chi connectivity index (χ0v) is 18.7. The molecule has 1 saturated heterocycles. The molecule has 2 aliphatic heterocycles. The number of hydrogen-bond acceptors (Lipinski definition) is 6. The van der Waals surface area contributed by atoms with Gasteiger partial charge in [-0.05, 0) is 42.8 Å². The number of ether oxygens (including phenoxy) is 1. The molecule has 0 unspecified atom stereocenters. The topological polar surface area (TPSA) is 86.0 Å². The normalized spacial score (nSPS) is 16.3. The first-order valence-electron chi connectivity index (χ1n) is 10.8. The predicted octanol–water partition coefficient (Wildman–Crippen LogP) is 4.14. The van der Waals surface area contributed by atoms with Crippen LogP contribution in [0.2, 0.25) is 0 Å². The van der Waals surface area contributed by atoms with Crippen LogP contribution in [0.4, 0.5) is 5.69 Å². The van der Waals surface area contributed by atoms with Crippen molar-refractivity contribution in [1.29, 1.82) is 5.26 Å². The third-order valence-corrected chi connectivity index (χ3v) is 7.78. The summed E-state index contributed by atoms with van der Waals surface area (Å²) in [7, 11) is -3.78. The van der Waals surface area contributed by atoms with Crippen molar-refractivity contribution < 1.29 is 13.2 Å². The van der Waals surface area contributed by atoms with Gasteiger partial charge in [0.1, 0.15) is 23.3 Å². The van der Waals surface area contributed by atoms with Gasteiger partial charge in [0.15, 0.2) is 5.75 Å². The molecule has 5 rings (SSSR count). The summed E-state index contributed by atoms with van der Waals surface area (Å²) in [6.07, 6.45) is 0.637. The number of rotatable bonds is 2. The van der Waals surface area contributed by atoms with E-state index in [0.29, 0.717) is 38.3 Å². The lowest BCUT2D eigenvalue weighted by Crippen LogP contribution is -2.37. The van der Waals surface area contributed by atoms with Gasteiger partial charge in [0.25, 0.3) is 0 Å². The largest absolute Gasteiger partial charge is 0.454 e. The fourth-order valence-corrected chi connectivity index (χ4v) is 5.79. The van der Waals surface area contributed by atoms with Crippen LogP contribution in [-0.4, -0.2) is 49.6 Å². The molecule has 2 aliphatic rings. The number of hydrogen-bond donors (Lipinski definition) is 0. The number of para-hydroxylation sites is 3. The molecule has 7 nitrogen and oxygen atoms in total. The summed E-state index contributed by atoms with van der Waals surface area (Å²) in [4.78, 5) is 7.10. The maximum absolute atomic E-state index is 13.3. The average Bonchev–Trinajstić information content (AvgIpc) is 3.19. The van der Waals surface area contributed by atoms with Gasteiger partial charge < -0.3 is 9.64 Å². The Morgan fingerprint density at radius 3 is 2.42 bits per heavy atom. The Labute approximate surface area is 193 Å². The molecular formula is C25H22N4O3S. The molecule has 0 radical (unpaired) electrons. The smallest absolute Gasteiger partial charge is 0.244 e. The van der Waals surface area contributed by atoms with E-state index in [0.717, 1.165) is 22.8 Å². The van der Waals surface area contributed by atoms with Crippen LogP contribution >= 0.6 is 0 Å². The van der Waals surface area contributed by atoms with E-state index < -0.39 is 10.0 Å². The third kappa shape index (κ3) is 3.97. The van der Waals surface area contributed by atoms with Crippen LogP contribution in [0.15, 0.2) is 82.7 Å². The summed E-state index contributed by atoms with van der Waals surface area (Å²) >= 11 is 0. The van der Waals surface area contributed by atoms with Gasteiger partial charge in [-0.1, -0.05) is 36.4 Å². The first-order chi connectivity index (χ1) is 16.1. The lowest BCUT2D eigenvalue weighted by molar-refractivity contribution is 0.407. The van der Waals surface area contributed by atoms with Crippen molar-refractivity contribution >= 4 is 21.5 Å². The minimum Gasteiger partial charge on any atom is -0.454 e. The van der Waals surface area contributed by atoms with Gasteiger partial charge in [0, 0.05) is 26.2 Å². The zero-order valence-electron chi connectivity index (χ0n) is 17.9. The average molecular weight is 459 g/mol. The first-order valence-corrected chi connectivity index (χ1v) is 12.2. The number of benzene rings is 3. The predicted molar refractivity (Wildman–Crippen MR) is 125 cm³/mol. The Morgan fingerprint density at radius 1 is 0.848 bits per heavy atom. The van der Waals surface area contributed by atoms with E-state index in [-0.39, 0.29) is 10.5 Å². The van der Waals surface area contributed by atoms with Gasteiger partial charge in [-0.2, -0.15) is 9.57 Å². The Bertz CT molecular complexity index is 1380. The highest BCUT2D eigenvalue weighted by Crippen LogP contribution is 2.38. The van der Waals surface area contributed by atoms with E-state index in [1.807, 2.05) is 54.6 Å². The van der Waals surface area contributed by atoms with Gasteiger partial charge in [0.2, 0.25) is 10.0 Å². The van der Waals surface area contributed by atoms with Crippen molar-refractivity contribution in [3.05, 3.63) is 83.9 Å². The number of nitrogens with zero attached hydrogens (tertiary/aromatic N) is 4. The Balaban J connectivity index is 1.47. The molecule has 33 heavy (non-hydrogen) atoms. The summed E-state index contributed by atoms with van der Waals surface area (Å²) in [5, 5.41) is 9.38. The molecule has 0 aromatic heterocycles. The van der Waals surface area contributed by atoms with Crippen molar-refractivity contribution in [3.8, 4) is 17.6 Å². The lowest BCUT2D eigenvalue weighted by atomic mass is 10.1. The highest BCUT2D eigenvalue weighted by atomic mass is 32.2. The maximum Gasteiger partial charge on any atom is 0.244 e. The fourth-order valence-electron chi connectivity index (χ4n) is 4.18. The van der Waals surface area contributed by atoms with Crippen molar-refractivity contribution in [3.63, 3.8) is 0 Å². The molecule has 0 bridgehead atoms. The van der Waals surface area contributed by atoms with E-state index in [1.165, 1.54) is 16.4 Å². The molecule has 3 aromatic carbocycles. The van der Waals surface area contributed by atoms with Gasteiger partial charge >= 0.3 is 0 Å². The van der Waals surface area contributed by atoms with E-state index in [2.05, 4.69) is 4.90 Å². The molecule has 0 N–H and O–H groups in total. The standard InChI is InChI=1S/C25H22N4O3S/c26-18-19-8-1-6-13-24(19)33(30,31)29-15-7-14-28(16-17-29)25-20-9-2-4-11-22(20)32-23-12-5-3-10-21(23)27-25/h1-6,8-13H,7,14-17H2. The molecular weight excluding hydrogens is 436 g/mol. The molecule has 2 heterocycles. The van der Waals surface area contributed by atoms with E-state index in [1.54, 1.807) is 12.1 Å². The van der Waals surface area contributed by atoms with E-state index >= 15 is 0 Å². The summed E-state index contributed by atoms with van der Waals surface area (Å²) in [5.41, 5.74) is 1.77. The summed E-state index contributed by atoms with van der Waals surface area (Å²) in [6, 6.07) is 23.7. The van der Waals surface area contributed by atoms with Gasteiger partial charge in [-0.25, -0.2) is 13.4 Å². The van der Waals surface area contributed by atoms with Crippen molar-refractivity contribution in [2.45, 2.75) is 11.3 Å². The zero-order chi connectivity index (χ0) is 22.8. The number of amidine groups is 1. The van der Waals surface area contributed by atoms with Crippen molar-refractivity contribution in [2.24, 2.45) is 4.99 Å². The molecule has 0 spiro atoms. The van der Waals surface area contributed by atoms with Crippen LogP contribution in [0.3, 0.4) is 0 Å². The number of sulfonamides is 1. The monoisotopic (exact) mass is 458 g/mol. The molecule has 0 saturated carbocycles. The SMILES string of the molecule is N#Cc1ccccc1S(=O)(=O)N1CCCN(C2=Nc3ccccc3Oc3ccccc32)CC1. The fraction of sp³-hybridized carbons (Fsp3) is 0.200. The Kier molecular flexibility index (Phi) is 5.58. The third-order valence-electron chi connectivity index (χ3n) is 5.82. The van der Waals surface area contributed by atoms with Crippen molar-refractivity contribution in [2.75, 3.05) is 26.2 Å². The number of fused-ring (bicyclic) bond motifs is 2. The Morgan fingerprint density at radius 2 is 1.58 bits per heavy atom. The molecule has 1 fully saturated rings. The second-order valence-electron chi connectivity index (χ2n) is 7.85. The van der Waals surface area contributed by atoms with E-state index in [4.69, 9.17) is 9.73 Å². The maximum atomic E-state index is 13.3. The second kappa shape index (κ2) is 8.70. The first kappa shape index (κ1) is 21.2. The molecule has 166 valence electrons. The summed E-state index contributed by atoms with van der Waals surface area (Å²) in [6.45, 7) is 1.80. The summed E-state index contributed by atoms with van der Waals surface area (Å²) in [5.74, 6) is 2.18. The Hall–Kier alpha value is -3.67. The number of aliphatic imine (C=N–C) groups is 1. The van der Waals surface area contributed by atoms with Gasteiger partial charge in [-0.3, -0.25) is 0 Å². The summed E-state index contributed by atoms with van der Waals surface area (Å²) < 4.78 is 34.3. The van der Waals surface area contributed by atoms with Crippen LogP contribution < -0.4 is 4.74 Å². The van der Waals surface area contributed by atoms with Crippen LogP contribution in [0.5, 0.6) is 11.5 Å². The van der Waals surface area contributed by atoms with Crippen LogP contribution in [0.1, 0.15) is 17.5 Å². The van der Waals surface area contributed by atoms with Gasteiger partial charge in [-0.15, -0.1) is 0 Å². The van der Waals surface area contributed by atoms with Crippen LogP contribution in [0.25, 0.3) is 0 Å². The molecule has 8 heteroatoms. The number of nitriles is 1. The molecule has 0 amide bonds. The molecule has 0 atom stereocenters. The second-order valence-corrected chi connectivity index (χ2v) is 9.76. The van der Waals surface area contributed by atoms with Gasteiger partial charge in [0.05, 0.1) is 16.0 Å². The highest BCUT2D eigenvalue weighted by Gasteiger charge is 2.31. The highest BCUT2D eigenvalue weighted by molar-refractivity contribution is 7.89.